The van der Waals surface area contributed by atoms with E-state index in [4.69, 9.17) is 35.4 Å². The average molecular weight is 329 g/mol. The minimum Gasteiger partial charge on any atom is -0.358 e. The first kappa shape index (κ1) is 15.0. The Labute approximate surface area is 131 Å². The first-order valence-electron chi connectivity index (χ1n) is 5.79. The second-order valence-corrected chi connectivity index (χ2v) is 5.32. The summed E-state index contributed by atoms with van der Waals surface area (Å²) in [6.45, 7) is 0.543. The van der Waals surface area contributed by atoms with Crippen LogP contribution in [-0.2, 0) is 6.54 Å². The average Bonchev–Trinajstić information content (AvgIpc) is 2.41. The minimum absolute atomic E-state index is 0.0487. The fourth-order valence-electron chi connectivity index (χ4n) is 1.58. The van der Waals surface area contributed by atoms with Crippen molar-refractivity contribution < 1.29 is 4.39 Å². The van der Waals surface area contributed by atoms with E-state index in [0.717, 1.165) is 5.56 Å². The Balaban J connectivity index is 1.91. The Hall–Kier alpha value is -1.36. The molecule has 0 unspecified atom stereocenters. The number of hydrogen-bond acceptors (Lipinski definition) is 1. The van der Waals surface area contributed by atoms with Crippen LogP contribution in [-0.4, -0.2) is 5.11 Å². The van der Waals surface area contributed by atoms with E-state index in [1.165, 1.54) is 12.1 Å². The van der Waals surface area contributed by atoms with Gasteiger partial charge in [-0.2, -0.15) is 0 Å². The summed E-state index contributed by atoms with van der Waals surface area (Å²) in [6.07, 6.45) is 0. The van der Waals surface area contributed by atoms with Gasteiger partial charge >= 0.3 is 0 Å². The van der Waals surface area contributed by atoms with Crippen molar-refractivity contribution in [3.05, 3.63) is 63.9 Å². The summed E-state index contributed by atoms with van der Waals surface area (Å²) in [5, 5.41) is 7.11. The summed E-state index contributed by atoms with van der Waals surface area (Å²) in [5.41, 5.74) is 1.64. The largest absolute Gasteiger partial charge is 0.358 e. The van der Waals surface area contributed by atoms with Crippen LogP contribution in [0, 0.1) is 5.82 Å². The fraction of sp³-hybridized carbons (Fsp3) is 0.0714. The Morgan fingerprint density at radius 2 is 1.95 bits per heavy atom. The molecule has 6 heteroatoms. The molecule has 0 radical (unpaired) electrons. The van der Waals surface area contributed by atoms with Gasteiger partial charge in [0.1, 0.15) is 5.82 Å². The van der Waals surface area contributed by atoms with E-state index in [-0.39, 0.29) is 5.02 Å². The van der Waals surface area contributed by atoms with E-state index < -0.39 is 5.82 Å². The van der Waals surface area contributed by atoms with Crippen molar-refractivity contribution in [2.75, 3.05) is 5.32 Å². The van der Waals surface area contributed by atoms with Gasteiger partial charge < -0.3 is 10.6 Å². The topological polar surface area (TPSA) is 24.1 Å². The van der Waals surface area contributed by atoms with Gasteiger partial charge in [-0.3, -0.25) is 0 Å². The molecule has 0 saturated carbocycles. The summed E-state index contributed by atoms with van der Waals surface area (Å²) < 4.78 is 13.0. The standard InChI is InChI=1S/C14H11Cl2FN2S/c15-10-3-1-2-9(6-10)8-18-14(20)19-11-4-5-13(17)12(16)7-11/h1-7H,8H2,(H2,18,19,20). The van der Waals surface area contributed by atoms with Crippen molar-refractivity contribution in [2.24, 2.45) is 0 Å². The van der Waals surface area contributed by atoms with Crippen molar-refractivity contribution >= 4 is 46.2 Å². The van der Waals surface area contributed by atoms with E-state index in [0.29, 0.717) is 22.4 Å². The first-order valence-corrected chi connectivity index (χ1v) is 6.95. The number of halogens is 3. The predicted octanol–water partition coefficient (Wildman–Crippen LogP) is 4.62. The Bertz CT molecular complexity index is 634. The molecule has 0 aliphatic carbocycles. The maximum Gasteiger partial charge on any atom is 0.171 e. The molecule has 2 rings (SSSR count). The van der Waals surface area contributed by atoms with Crippen LogP contribution in [0.2, 0.25) is 10.0 Å². The summed E-state index contributed by atoms with van der Waals surface area (Å²) in [5.74, 6) is -0.463. The van der Waals surface area contributed by atoms with Crippen LogP contribution in [0.4, 0.5) is 10.1 Å². The molecule has 0 fully saturated rings. The Kier molecular flexibility index (Phi) is 5.17. The number of benzene rings is 2. The molecule has 2 nitrogen and oxygen atoms in total. The molecule has 0 spiro atoms. The Morgan fingerprint density at radius 3 is 2.65 bits per heavy atom. The third kappa shape index (κ3) is 4.34. The van der Waals surface area contributed by atoms with Crippen LogP contribution >= 0.6 is 35.4 Å². The lowest BCUT2D eigenvalue weighted by molar-refractivity contribution is 0.628. The van der Waals surface area contributed by atoms with E-state index in [2.05, 4.69) is 10.6 Å². The smallest absolute Gasteiger partial charge is 0.171 e. The number of thiocarbonyl (C=S) groups is 1. The molecule has 0 amide bonds. The van der Waals surface area contributed by atoms with E-state index in [1.807, 2.05) is 24.3 Å². The van der Waals surface area contributed by atoms with Crippen molar-refractivity contribution in [1.29, 1.82) is 0 Å². The van der Waals surface area contributed by atoms with E-state index >= 15 is 0 Å². The molecule has 0 saturated heterocycles. The molecule has 20 heavy (non-hydrogen) atoms. The highest BCUT2D eigenvalue weighted by Crippen LogP contribution is 2.19. The molecule has 0 atom stereocenters. The highest BCUT2D eigenvalue weighted by Gasteiger charge is 2.03. The molecule has 2 N–H and O–H groups in total. The third-order valence-electron chi connectivity index (χ3n) is 2.52. The zero-order valence-corrected chi connectivity index (χ0v) is 12.6. The number of anilines is 1. The van der Waals surface area contributed by atoms with Gasteiger partial charge in [-0.15, -0.1) is 0 Å². The molecule has 0 heterocycles. The van der Waals surface area contributed by atoms with Crippen molar-refractivity contribution in [2.45, 2.75) is 6.54 Å². The minimum atomic E-state index is -0.463. The monoisotopic (exact) mass is 328 g/mol. The van der Waals surface area contributed by atoms with Gasteiger partial charge in [0, 0.05) is 17.3 Å². The normalized spacial score (nSPS) is 10.2. The molecular weight excluding hydrogens is 318 g/mol. The summed E-state index contributed by atoms with van der Waals surface area (Å²) in [7, 11) is 0. The fourth-order valence-corrected chi connectivity index (χ4v) is 2.16. The maximum atomic E-state index is 13.0. The van der Waals surface area contributed by atoms with Crippen LogP contribution in [0.3, 0.4) is 0 Å². The number of nitrogens with one attached hydrogen (secondary N) is 2. The zero-order chi connectivity index (χ0) is 14.5. The van der Waals surface area contributed by atoms with E-state index in [9.17, 15) is 4.39 Å². The molecule has 0 aliphatic heterocycles. The number of hydrogen-bond donors (Lipinski definition) is 2. The van der Waals surface area contributed by atoms with Crippen LogP contribution in [0.15, 0.2) is 42.5 Å². The molecule has 0 aromatic heterocycles. The SMILES string of the molecule is Fc1ccc(NC(=S)NCc2cccc(Cl)c2)cc1Cl. The second kappa shape index (κ2) is 6.88. The van der Waals surface area contributed by atoms with E-state index in [1.54, 1.807) is 6.07 Å². The molecular formula is C14H11Cl2FN2S. The lowest BCUT2D eigenvalue weighted by Gasteiger charge is -2.11. The van der Waals surface area contributed by atoms with Gasteiger partial charge in [-0.05, 0) is 48.1 Å². The van der Waals surface area contributed by atoms with Gasteiger partial charge in [-0.1, -0.05) is 35.3 Å². The first-order chi connectivity index (χ1) is 9.54. The van der Waals surface area contributed by atoms with Gasteiger partial charge in [0.15, 0.2) is 5.11 Å². The molecule has 2 aromatic rings. The van der Waals surface area contributed by atoms with Crippen LogP contribution in [0.25, 0.3) is 0 Å². The van der Waals surface area contributed by atoms with Crippen molar-refractivity contribution in [3.8, 4) is 0 Å². The third-order valence-corrected chi connectivity index (χ3v) is 3.29. The highest BCUT2D eigenvalue weighted by atomic mass is 35.5. The second-order valence-electron chi connectivity index (χ2n) is 4.07. The van der Waals surface area contributed by atoms with Gasteiger partial charge in [-0.25, -0.2) is 4.39 Å². The molecule has 2 aromatic carbocycles. The van der Waals surface area contributed by atoms with Crippen LogP contribution < -0.4 is 10.6 Å². The van der Waals surface area contributed by atoms with Crippen LogP contribution in [0.1, 0.15) is 5.56 Å². The lowest BCUT2D eigenvalue weighted by Crippen LogP contribution is -2.27. The molecule has 0 bridgehead atoms. The predicted molar refractivity (Wildman–Crippen MR) is 85.9 cm³/mol. The molecule has 0 aliphatic rings. The quantitative estimate of drug-likeness (QED) is 0.804. The summed E-state index contributed by atoms with van der Waals surface area (Å²) >= 11 is 16.7. The van der Waals surface area contributed by atoms with Crippen molar-refractivity contribution in [1.82, 2.24) is 5.32 Å². The summed E-state index contributed by atoms with van der Waals surface area (Å²) in [6, 6.07) is 11.8. The maximum absolute atomic E-state index is 13.0. The Morgan fingerprint density at radius 1 is 1.15 bits per heavy atom. The van der Waals surface area contributed by atoms with Crippen LogP contribution in [0.5, 0.6) is 0 Å². The van der Waals surface area contributed by atoms with Gasteiger partial charge in [0.2, 0.25) is 0 Å². The lowest BCUT2D eigenvalue weighted by atomic mass is 10.2. The van der Waals surface area contributed by atoms with Gasteiger partial charge in [0.05, 0.1) is 5.02 Å². The molecule has 104 valence electrons. The van der Waals surface area contributed by atoms with Gasteiger partial charge in [0.25, 0.3) is 0 Å². The van der Waals surface area contributed by atoms with Crippen molar-refractivity contribution in [3.63, 3.8) is 0 Å². The number of rotatable bonds is 3. The highest BCUT2D eigenvalue weighted by molar-refractivity contribution is 7.80. The summed E-state index contributed by atoms with van der Waals surface area (Å²) in [4.78, 5) is 0. The zero-order valence-electron chi connectivity index (χ0n) is 10.3.